The number of rotatable bonds is 9. The van der Waals surface area contributed by atoms with Crippen LogP contribution in [-0.2, 0) is 4.79 Å². The zero-order chi connectivity index (χ0) is 12.4. The molecule has 0 aromatic carbocycles. The van der Waals surface area contributed by atoms with Crippen LogP contribution in [0.3, 0.4) is 0 Å². The molecule has 0 heterocycles. The van der Waals surface area contributed by atoms with Gasteiger partial charge in [-0.1, -0.05) is 13.8 Å². The Morgan fingerprint density at radius 2 is 2.00 bits per heavy atom. The molecule has 5 heteroatoms. The Hall–Kier alpha value is -0.650. The first-order chi connectivity index (χ1) is 7.67. The zero-order valence-corrected chi connectivity index (χ0v) is 10.8. The van der Waals surface area contributed by atoms with Crippen LogP contribution in [0.1, 0.15) is 20.3 Å². The minimum atomic E-state index is 0.0331. The highest BCUT2D eigenvalue weighted by molar-refractivity contribution is 5.76. The molecule has 0 radical (unpaired) electrons. The van der Waals surface area contributed by atoms with Gasteiger partial charge in [-0.05, 0) is 13.1 Å². The Kier molecular flexibility index (Phi) is 9.18. The SMILES string of the molecule is CCN(CC)CCNC(CN)CC(=O)NC. The number of hydrogen-bond acceptors (Lipinski definition) is 4. The van der Waals surface area contributed by atoms with E-state index < -0.39 is 0 Å². The first kappa shape index (κ1) is 15.3. The standard InChI is InChI=1S/C11H26N4O/c1-4-15(5-2)7-6-14-10(9-12)8-11(16)13-3/h10,14H,4-9,12H2,1-3H3,(H,13,16). The van der Waals surface area contributed by atoms with Gasteiger partial charge in [0.1, 0.15) is 0 Å². The van der Waals surface area contributed by atoms with Crippen molar-refractivity contribution in [3.05, 3.63) is 0 Å². The maximum absolute atomic E-state index is 11.2. The summed E-state index contributed by atoms with van der Waals surface area (Å²) in [6, 6.07) is 0.0792. The Morgan fingerprint density at radius 1 is 1.38 bits per heavy atom. The van der Waals surface area contributed by atoms with Crippen LogP contribution in [-0.4, -0.2) is 56.6 Å². The number of nitrogens with zero attached hydrogens (tertiary/aromatic N) is 1. The number of amides is 1. The third-order valence-corrected chi connectivity index (χ3v) is 2.75. The smallest absolute Gasteiger partial charge is 0.221 e. The van der Waals surface area contributed by atoms with Gasteiger partial charge >= 0.3 is 0 Å². The summed E-state index contributed by atoms with van der Waals surface area (Å²) in [6.45, 7) is 8.77. The molecule has 1 unspecified atom stereocenters. The predicted molar refractivity (Wildman–Crippen MR) is 67.3 cm³/mol. The van der Waals surface area contributed by atoms with Crippen LogP contribution >= 0.6 is 0 Å². The average Bonchev–Trinajstić information content (AvgIpc) is 2.32. The summed E-state index contributed by atoms with van der Waals surface area (Å²) >= 11 is 0. The molecular weight excluding hydrogens is 204 g/mol. The molecule has 0 aliphatic heterocycles. The summed E-state index contributed by atoms with van der Waals surface area (Å²) in [5, 5.41) is 5.91. The van der Waals surface area contributed by atoms with Crippen LogP contribution in [0.25, 0.3) is 0 Å². The van der Waals surface area contributed by atoms with E-state index >= 15 is 0 Å². The summed E-state index contributed by atoms with van der Waals surface area (Å²) in [4.78, 5) is 13.5. The number of hydrogen-bond donors (Lipinski definition) is 3. The molecule has 5 nitrogen and oxygen atoms in total. The van der Waals surface area contributed by atoms with Crippen LogP contribution < -0.4 is 16.4 Å². The third kappa shape index (κ3) is 6.76. The lowest BCUT2D eigenvalue weighted by molar-refractivity contribution is -0.121. The first-order valence-corrected chi connectivity index (χ1v) is 6.04. The van der Waals surface area contributed by atoms with Crippen molar-refractivity contribution in [2.45, 2.75) is 26.3 Å². The summed E-state index contributed by atoms with van der Waals surface area (Å²) in [5.41, 5.74) is 5.60. The molecule has 0 rings (SSSR count). The van der Waals surface area contributed by atoms with Crippen LogP contribution in [0.4, 0.5) is 0 Å². The Morgan fingerprint density at radius 3 is 2.44 bits per heavy atom. The quantitative estimate of drug-likeness (QED) is 0.494. The van der Waals surface area contributed by atoms with Gasteiger partial charge in [0.2, 0.25) is 5.91 Å². The van der Waals surface area contributed by atoms with Crippen molar-refractivity contribution in [3.8, 4) is 0 Å². The van der Waals surface area contributed by atoms with Crippen molar-refractivity contribution in [2.24, 2.45) is 5.73 Å². The molecule has 96 valence electrons. The topological polar surface area (TPSA) is 70.4 Å². The second-order valence-electron chi connectivity index (χ2n) is 3.79. The average molecular weight is 230 g/mol. The van der Waals surface area contributed by atoms with E-state index in [-0.39, 0.29) is 11.9 Å². The largest absolute Gasteiger partial charge is 0.359 e. The molecule has 1 atom stereocenters. The van der Waals surface area contributed by atoms with Crippen molar-refractivity contribution in [3.63, 3.8) is 0 Å². The highest BCUT2D eigenvalue weighted by atomic mass is 16.1. The summed E-state index contributed by atoms with van der Waals surface area (Å²) in [7, 11) is 1.64. The molecule has 16 heavy (non-hydrogen) atoms. The molecule has 0 saturated heterocycles. The molecule has 0 saturated carbocycles. The Balaban J connectivity index is 3.74. The minimum Gasteiger partial charge on any atom is -0.359 e. The maximum Gasteiger partial charge on any atom is 0.221 e. The van der Waals surface area contributed by atoms with Crippen molar-refractivity contribution >= 4 is 5.91 Å². The van der Waals surface area contributed by atoms with Crippen LogP contribution in [0.2, 0.25) is 0 Å². The summed E-state index contributed by atoms with van der Waals surface area (Å²) < 4.78 is 0. The first-order valence-electron chi connectivity index (χ1n) is 6.04. The van der Waals surface area contributed by atoms with Crippen LogP contribution in [0.5, 0.6) is 0 Å². The summed E-state index contributed by atoms with van der Waals surface area (Å²) in [5.74, 6) is 0.0331. The lowest BCUT2D eigenvalue weighted by Gasteiger charge is -2.21. The van der Waals surface area contributed by atoms with Gasteiger partial charge in [0.15, 0.2) is 0 Å². The normalized spacial score (nSPS) is 12.8. The van der Waals surface area contributed by atoms with E-state index in [2.05, 4.69) is 29.4 Å². The zero-order valence-electron chi connectivity index (χ0n) is 10.8. The number of carbonyl (C=O) groups excluding carboxylic acids is 1. The van der Waals surface area contributed by atoms with Gasteiger partial charge in [0, 0.05) is 39.1 Å². The second kappa shape index (κ2) is 9.57. The molecule has 0 bridgehead atoms. The fraction of sp³-hybridized carbons (Fsp3) is 0.909. The van der Waals surface area contributed by atoms with Gasteiger partial charge in [-0.15, -0.1) is 0 Å². The molecule has 0 aromatic heterocycles. The van der Waals surface area contributed by atoms with Gasteiger partial charge in [0.05, 0.1) is 0 Å². The Bertz CT molecular complexity index is 183. The van der Waals surface area contributed by atoms with Gasteiger partial charge in [-0.2, -0.15) is 0 Å². The summed E-state index contributed by atoms with van der Waals surface area (Å²) in [6.07, 6.45) is 0.450. The van der Waals surface area contributed by atoms with E-state index in [0.717, 1.165) is 26.2 Å². The molecule has 4 N–H and O–H groups in total. The lowest BCUT2D eigenvalue weighted by atomic mass is 10.2. The van der Waals surface area contributed by atoms with E-state index in [1.165, 1.54) is 0 Å². The van der Waals surface area contributed by atoms with Crippen molar-refractivity contribution in [1.82, 2.24) is 15.5 Å². The Labute approximate surface area is 98.7 Å². The number of likely N-dealkylation sites (N-methyl/N-ethyl adjacent to an activating group) is 1. The van der Waals surface area contributed by atoms with Crippen LogP contribution in [0, 0.1) is 0 Å². The molecule has 0 aromatic rings. The second-order valence-corrected chi connectivity index (χ2v) is 3.79. The highest BCUT2D eigenvalue weighted by Gasteiger charge is 2.10. The van der Waals surface area contributed by atoms with Gasteiger partial charge in [0.25, 0.3) is 0 Å². The van der Waals surface area contributed by atoms with Crippen molar-refractivity contribution < 1.29 is 4.79 Å². The fourth-order valence-corrected chi connectivity index (χ4v) is 1.53. The highest BCUT2D eigenvalue weighted by Crippen LogP contribution is 1.90. The fourth-order valence-electron chi connectivity index (χ4n) is 1.53. The van der Waals surface area contributed by atoms with E-state index in [4.69, 9.17) is 5.73 Å². The molecule has 0 spiro atoms. The number of nitrogens with one attached hydrogen (secondary N) is 2. The molecule has 0 aliphatic rings. The maximum atomic E-state index is 11.2. The third-order valence-electron chi connectivity index (χ3n) is 2.75. The van der Waals surface area contributed by atoms with E-state index in [1.54, 1.807) is 7.05 Å². The van der Waals surface area contributed by atoms with Crippen molar-refractivity contribution in [2.75, 3.05) is 39.8 Å². The number of nitrogens with two attached hydrogens (primary N) is 1. The molecule has 0 aliphatic carbocycles. The van der Waals surface area contributed by atoms with Gasteiger partial charge in [-0.25, -0.2) is 0 Å². The predicted octanol–water partition coefficient (Wildman–Crippen LogP) is -0.619. The van der Waals surface area contributed by atoms with E-state index in [9.17, 15) is 4.79 Å². The lowest BCUT2D eigenvalue weighted by Crippen LogP contribution is -2.43. The molecular formula is C11H26N4O. The minimum absolute atomic E-state index is 0.0331. The molecule has 0 fully saturated rings. The van der Waals surface area contributed by atoms with Crippen LogP contribution in [0.15, 0.2) is 0 Å². The van der Waals surface area contributed by atoms with Gasteiger partial charge < -0.3 is 21.3 Å². The van der Waals surface area contributed by atoms with Gasteiger partial charge in [-0.3, -0.25) is 4.79 Å². The van der Waals surface area contributed by atoms with E-state index in [0.29, 0.717) is 13.0 Å². The van der Waals surface area contributed by atoms with E-state index in [1.807, 2.05) is 0 Å². The number of carbonyl (C=O) groups is 1. The monoisotopic (exact) mass is 230 g/mol. The molecule has 1 amide bonds. The van der Waals surface area contributed by atoms with Crippen molar-refractivity contribution in [1.29, 1.82) is 0 Å².